The Bertz CT molecular complexity index is 258. The Kier molecular flexibility index (Phi) is 1.37. The average molecular weight is 167 g/mol. The van der Waals surface area contributed by atoms with Crippen LogP contribution < -0.4 is 5.32 Å². The van der Waals surface area contributed by atoms with Crippen molar-refractivity contribution in [2.75, 3.05) is 5.32 Å². The lowest BCUT2D eigenvalue weighted by Crippen LogP contribution is -2.27. The molecule has 1 heterocycles. The second-order valence-electron chi connectivity index (χ2n) is 2.78. The summed E-state index contributed by atoms with van der Waals surface area (Å²) in [6.45, 7) is 0. The Labute approximate surface area is 70.7 Å². The molecule has 0 saturated carbocycles. The molecule has 1 unspecified atom stereocenters. The van der Waals surface area contributed by atoms with Gasteiger partial charge in [0.25, 0.3) is 0 Å². The monoisotopic (exact) mass is 167 g/mol. The molecule has 0 bridgehead atoms. The second-order valence-corrected chi connectivity index (χ2v) is 3.52. The van der Waals surface area contributed by atoms with E-state index in [1.807, 2.05) is 24.3 Å². The molecule has 0 amide bonds. The van der Waals surface area contributed by atoms with Crippen LogP contribution in [-0.2, 0) is 6.42 Å². The molecule has 1 aromatic carbocycles. The molecule has 1 atom stereocenters. The van der Waals surface area contributed by atoms with E-state index in [1.54, 1.807) is 0 Å². The van der Waals surface area contributed by atoms with Crippen LogP contribution in [0, 0.1) is 0 Å². The maximum atomic E-state index is 9.47. The zero-order valence-corrected chi connectivity index (χ0v) is 6.81. The lowest BCUT2D eigenvalue weighted by atomic mass is 10.2. The summed E-state index contributed by atoms with van der Waals surface area (Å²) in [5.41, 5.74) is 2.09. The second kappa shape index (κ2) is 2.16. The third kappa shape index (κ3) is 1.21. The molecule has 0 aromatic heterocycles. The third-order valence-electron chi connectivity index (χ3n) is 1.79. The minimum atomic E-state index is -1.05. The number of nitrogens with one attached hydrogen (secondary N) is 1. The van der Waals surface area contributed by atoms with Crippen LogP contribution in [0.4, 0.5) is 5.69 Å². The standard InChI is InChI=1S/C8H9NOS/c10-8(11)5-6-3-1-2-4-7(6)9-8/h1-4,9-11H,5H2. The van der Waals surface area contributed by atoms with E-state index in [4.69, 9.17) is 0 Å². The molecule has 0 saturated heterocycles. The molecule has 58 valence electrons. The molecule has 3 heteroatoms. The van der Waals surface area contributed by atoms with Gasteiger partial charge in [-0.25, -0.2) is 0 Å². The predicted octanol–water partition coefficient (Wildman–Crippen LogP) is 1.23. The molecule has 2 rings (SSSR count). The van der Waals surface area contributed by atoms with Crippen molar-refractivity contribution in [3.8, 4) is 0 Å². The molecule has 0 spiro atoms. The van der Waals surface area contributed by atoms with Crippen LogP contribution in [0.25, 0.3) is 0 Å². The molecule has 2 N–H and O–H groups in total. The van der Waals surface area contributed by atoms with Gasteiger partial charge in [0.1, 0.15) is 0 Å². The fourth-order valence-electron chi connectivity index (χ4n) is 1.32. The highest BCUT2D eigenvalue weighted by atomic mass is 32.1. The smallest absolute Gasteiger partial charge is 0.185 e. The SMILES string of the molecule is OC1(S)Cc2ccccc2N1. The summed E-state index contributed by atoms with van der Waals surface area (Å²) < 4.78 is 0. The van der Waals surface area contributed by atoms with Crippen molar-refractivity contribution in [2.45, 2.75) is 11.5 Å². The lowest BCUT2D eigenvalue weighted by Gasteiger charge is -2.14. The number of anilines is 1. The van der Waals surface area contributed by atoms with E-state index in [9.17, 15) is 5.11 Å². The Morgan fingerprint density at radius 2 is 2.18 bits per heavy atom. The molecule has 0 fully saturated rings. The van der Waals surface area contributed by atoms with Gasteiger partial charge in [0, 0.05) is 12.1 Å². The number of hydrogen-bond donors (Lipinski definition) is 3. The molecule has 1 aliphatic heterocycles. The fraction of sp³-hybridized carbons (Fsp3) is 0.250. The van der Waals surface area contributed by atoms with E-state index in [0.29, 0.717) is 6.42 Å². The van der Waals surface area contributed by atoms with Crippen LogP contribution in [-0.4, -0.2) is 10.2 Å². The fourth-order valence-corrected chi connectivity index (χ4v) is 1.61. The Morgan fingerprint density at radius 1 is 1.45 bits per heavy atom. The van der Waals surface area contributed by atoms with E-state index in [2.05, 4.69) is 17.9 Å². The number of fused-ring (bicyclic) bond motifs is 1. The first kappa shape index (κ1) is 7.00. The Hall–Kier alpha value is -0.670. The maximum Gasteiger partial charge on any atom is 0.185 e. The van der Waals surface area contributed by atoms with Crippen molar-refractivity contribution in [2.24, 2.45) is 0 Å². The van der Waals surface area contributed by atoms with Gasteiger partial charge in [0.2, 0.25) is 0 Å². The van der Waals surface area contributed by atoms with Crippen LogP contribution in [0.2, 0.25) is 0 Å². The van der Waals surface area contributed by atoms with Crippen molar-refractivity contribution in [1.29, 1.82) is 0 Å². The quantitative estimate of drug-likeness (QED) is 0.401. The maximum absolute atomic E-state index is 9.47. The van der Waals surface area contributed by atoms with Gasteiger partial charge >= 0.3 is 0 Å². The van der Waals surface area contributed by atoms with Crippen molar-refractivity contribution in [1.82, 2.24) is 0 Å². The molecule has 0 aliphatic carbocycles. The van der Waals surface area contributed by atoms with E-state index in [-0.39, 0.29) is 0 Å². The summed E-state index contributed by atoms with van der Waals surface area (Å²) in [5.74, 6) is 0. The van der Waals surface area contributed by atoms with Gasteiger partial charge in [-0.05, 0) is 11.6 Å². The Morgan fingerprint density at radius 3 is 2.91 bits per heavy atom. The van der Waals surface area contributed by atoms with E-state index in [0.717, 1.165) is 11.3 Å². The van der Waals surface area contributed by atoms with Crippen LogP contribution in [0.15, 0.2) is 24.3 Å². The Balaban J connectivity index is 2.41. The van der Waals surface area contributed by atoms with Gasteiger partial charge < -0.3 is 10.4 Å². The average Bonchev–Trinajstić information content (AvgIpc) is 2.21. The van der Waals surface area contributed by atoms with Crippen molar-refractivity contribution >= 4 is 18.3 Å². The lowest BCUT2D eigenvalue weighted by molar-refractivity contribution is 0.178. The summed E-state index contributed by atoms with van der Waals surface area (Å²) in [6.07, 6.45) is 0.562. The molecule has 1 aromatic rings. The zero-order valence-electron chi connectivity index (χ0n) is 5.91. The summed E-state index contributed by atoms with van der Waals surface area (Å²) >= 11 is 4.04. The van der Waals surface area contributed by atoms with Gasteiger partial charge in [0.05, 0.1) is 0 Å². The predicted molar refractivity (Wildman–Crippen MR) is 47.7 cm³/mol. The number of aliphatic hydroxyl groups is 1. The number of para-hydroxylation sites is 1. The highest BCUT2D eigenvalue weighted by Crippen LogP contribution is 2.32. The van der Waals surface area contributed by atoms with Gasteiger partial charge in [-0.1, -0.05) is 18.2 Å². The van der Waals surface area contributed by atoms with E-state index >= 15 is 0 Å². The third-order valence-corrected chi connectivity index (χ3v) is 2.06. The molecule has 11 heavy (non-hydrogen) atoms. The van der Waals surface area contributed by atoms with Gasteiger partial charge in [-0.3, -0.25) is 0 Å². The summed E-state index contributed by atoms with van der Waals surface area (Å²) in [6, 6.07) is 7.80. The summed E-state index contributed by atoms with van der Waals surface area (Å²) in [7, 11) is 0. The van der Waals surface area contributed by atoms with Gasteiger partial charge in [-0.15, -0.1) is 12.6 Å². The summed E-state index contributed by atoms with van der Waals surface area (Å²) in [4.78, 5) is 0. The number of thiol groups is 1. The molecule has 2 nitrogen and oxygen atoms in total. The van der Waals surface area contributed by atoms with Crippen LogP contribution in [0.1, 0.15) is 5.56 Å². The molecular formula is C8H9NOS. The molecule has 0 radical (unpaired) electrons. The van der Waals surface area contributed by atoms with Crippen molar-refractivity contribution < 1.29 is 5.11 Å². The van der Waals surface area contributed by atoms with E-state index in [1.165, 1.54) is 0 Å². The molecular weight excluding hydrogens is 158 g/mol. The minimum Gasteiger partial charge on any atom is -0.362 e. The topological polar surface area (TPSA) is 32.3 Å². The highest BCUT2D eigenvalue weighted by Gasteiger charge is 2.29. The van der Waals surface area contributed by atoms with Crippen molar-refractivity contribution in [3.05, 3.63) is 29.8 Å². The van der Waals surface area contributed by atoms with Gasteiger partial charge in [-0.2, -0.15) is 0 Å². The first-order valence-electron chi connectivity index (χ1n) is 3.48. The summed E-state index contributed by atoms with van der Waals surface area (Å²) in [5, 5.41) is 11.3. The normalized spacial score (nSPS) is 27.8. The number of rotatable bonds is 0. The van der Waals surface area contributed by atoms with Crippen molar-refractivity contribution in [3.63, 3.8) is 0 Å². The van der Waals surface area contributed by atoms with Crippen LogP contribution in [0.5, 0.6) is 0 Å². The largest absolute Gasteiger partial charge is 0.362 e. The number of hydrogen-bond acceptors (Lipinski definition) is 3. The van der Waals surface area contributed by atoms with Crippen LogP contribution in [0.3, 0.4) is 0 Å². The van der Waals surface area contributed by atoms with Crippen LogP contribution >= 0.6 is 12.6 Å². The number of benzene rings is 1. The first-order chi connectivity index (χ1) is 5.17. The molecule has 1 aliphatic rings. The first-order valence-corrected chi connectivity index (χ1v) is 3.93. The van der Waals surface area contributed by atoms with Gasteiger partial charge in [0.15, 0.2) is 5.06 Å². The van der Waals surface area contributed by atoms with E-state index < -0.39 is 5.06 Å². The minimum absolute atomic E-state index is 0.562. The zero-order chi connectivity index (χ0) is 7.90. The highest BCUT2D eigenvalue weighted by molar-refractivity contribution is 7.81.